The predicted molar refractivity (Wildman–Crippen MR) is 80.7 cm³/mol. The van der Waals surface area contributed by atoms with Crippen LogP contribution in [-0.4, -0.2) is 11.6 Å². The quantitative estimate of drug-likeness (QED) is 0.826. The number of aryl methyl sites for hydroxylation is 2. The van der Waals surface area contributed by atoms with E-state index < -0.39 is 0 Å². The lowest BCUT2D eigenvalue weighted by atomic mass is 10.1. The molecule has 0 fully saturated rings. The van der Waals surface area contributed by atoms with E-state index in [-0.39, 0.29) is 0 Å². The van der Waals surface area contributed by atoms with Crippen LogP contribution >= 0.6 is 0 Å². The van der Waals surface area contributed by atoms with E-state index in [1.807, 2.05) is 51.1 Å². The summed E-state index contributed by atoms with van der Waals surface area (Å²) in [4.78, 5) is 4.32. The highest BCUT2D eigenvalue weighted by Crippen LogP contribution is 2.32. The Labute approximate surface area is 125 Å². The molecular formula is C17H18N2O2. The summed E-state index contributed by atoms with van der Waals surface area (Å²) >= 11 is 0. The van der Waals surface area contributed by atoms with Crippen LogP contribution in [0.2, 0.25) is 0 Å². The van der Waals surface area contributed by atoms with E-state index in [1.165, 1.54) is 0 Å². The average Bonchev–Trinajstić information content (AvgIpc) is 2.46. The van der Waals surface area contributed by atoms with Crippen molar-refractivity contribution in [2.45, 2.75) is 27.2 Å². The third-order valence-corrected chi connectivity index (χ3v) is 2.94. The zero-order valence-electron chi connectivity index (χ0n) is 12.5. The first kappa shape index (κ1) is 14.9. The Bertz CT molecular complexity index is 675. The Morgan fingerprint density at radius 2 is 1.90 bits per heavy atom. The van der Waals surface area contributed by atoms with Crippen LogP contribution in [0.1, 0.15) is 30.2 Å². The predicted octanol–water partition coefficient (Wildman–Crippen LogP) is 4.15. The molecule has 0 saturated heterocycles. The van der Waals surface area contributed by atoms with Gasteiger partial charge in [-0.1, -0.05) is 19.1 Å². The highest BCUT2D eigenvalue weighted by atomic mass is 16.5. The summed E-state index contributed by atoms with van der Waals surface area (Å²) in [6.07, 6.45) is 0.916. The van der Waals surface area contributed by atoms with Crippen molar-refractivity contribution in [3.8, 4) is 23.4 Å². The van der Waals surface area contributed by atoms with E-state index in [0.29, 0.717) is 29.5 Å². The van der Waals surface area contributed by atoms with Gasteiger partial charge in [-0.2, -0.15) is 5.26 Å². The van der Waals surface area contributed by atoms with Gasteiger partial charge in [0.15, 0.2) is 11.5 Å². The largest absolute Gasteiger partial charge is 0.490 e. The summed E-state index contributed by atoms with van der Waals surface area (Å²) in [6.45, 7) is 6.41. The summed E-state index contributed by atoms with van der Waals surface area (Å²) in [5, 5.41) is 9.28. The minimum absolute atomic E-state index is 0.322. The topological polar surface area (TPSA) is 55.1 Å². The molecule has 2 aromatic rings. The molecule has 1 heterocycles. The van der Waals surface area contributed by atoms with Crippen LogP contribution in [0.15, 0.2) is 30.3 Å². The van der Waals surface area contributed by atoms with Gasteiger partial charge in [-0.25, -0.2) is 4.98 Å². The van der Waals surface area contributed by atoms with Crippen molar-refractivity contribution >= 4 is 0 Å². The molecule has 4 heteroatoms. The lowest BCUT2D eigenvalue weighted by Crippen LogP contribution is -2.00. The molecule has 1 aromatic carbocycles. The smallest absolute Gasteiger partial charge is 0.237 e. The number of aromatic nitrogens is 1. The second-order valence-corrected chi connectivity index (χ2v) is 4.77. The standard InChI is InChI=1S/C17H18N2O2/c1-4-9-20-15-7-5-6-8-16(15)21-17-14(11-18)12(2)10-13(3)19-17/h5-8,10H,4,9H2,1-3H3. The van der Waals surface area contributed by atoms with Gasteiger partial charge < -0.3 is 9.47 Å². The summed E-state index contributed by atoms with van der Waals surface area (Å²) in [7, 11) is 0. The van der Waals surface area contributed by atoms with Crippen molar-refractivity contribution in [3.63, 3.8) is 0 Å². The lowest BCUT2D eigenvalue weighted by molar-refractivity contribution is 0.300. The molecular weight excluding hydrogens is 264 g/mol. The van der Waals surface area contributed by atoms with Crippen molar-refractivity contribution in [2.75, 3.05) is 6.61 Å². The summed E-state index contributed by atoms with van der Waals surface area (Å²) < 4.78 is 11.5. The van der Waals surface area contributed by atoms with Gasteiger partial charge in [0.25, 0.3) is 0 Å². The van der Waals surface area contributed by atoms with Gasteiger partial charge in [0, 0.05) is 5.69 Å². The number of nitrogens with zero attached hydrogens (tertiary/aromatic N) is 2. The molecule has 0 aliphatic carbocycles. The maximum Gasteiger partial charge on any atom is 0.237 e. The second-order valence-electron chi connectivity index (χ2n) is 4.77. The zero-order chi connectivity index (χ0) is 15.2. The molecule has 0 aliphatic rings. The van der Waals surface area contributed by atoms with Crippen LogP contribution in [0.4, 0.5) is 0 Å². The monoisotopic (exact) mass is 282 g/mol. The van der Waals surface area contributed by atoms with Crippen molar-refractivity contribution in [1.29, 1.82) is 5.26 Å². The number of nitriles is 1. The van der Waals surface area contributed by atoms with Gasteiger partial charge in [0.1, 0.15) is 11.6 Å². The van der Waals surface area contributed by atoms with Crippen molar-refractivity contribution in [2.24, 2.45) is 0 Å². The van der Waals surface area contributed by atoms with Gasteiger partial charge in [-0.05, 0) is 44.0 Å². The fraction of sp³-hybridized carbons (Fsp3) is 0.294. The Morgan fingerprint density at radius 1 is 1.19 bits per heavy atom. The lowest BCUT2D eigenvalue weighted by Gasteiger charge is -2.13. The van der Waals surface area contributed by atoms with Crippen molar-refractivity contribution in [3.05, 3.63) is 47.2 Å². The molecule has 0 aliphatic heterocycles. The molecule has 108 valence electrons. The van der Waals surface area contributed by atoms with Crippen LogP contribution in [0.25, 0.3) is 0 Å². The molecule has 0 amide bonds. The summed E-state index contributed by atoms with van der Waals surface area (Å²) in [5.41, 5.74) is 2.12. The Kier molecular flexibility index (Phi) is 4.78. The summed E-state index contributed by atoms with van der Waals surface area (Å²) in [6, 6.07) is 11.4. The van der Waals surface area contributed by atoms with Gasteiger partial charge in [0.05, 0.1) is 6.61 Å². The average molecular weight is 282 g/mol. The van der Waals surface area contributed by atoms with Crippen molar-refractivity contribution in [1.82, 2.24) is 4.98 Å². The summed E-state index contributed by atoms with van der Waals surface area (Å²) in [5.74, 6) is 1.55. The fourth-order valence-electron chi connectivity index (χ4n) is 1.98. The minimum Gasteiger partial charge on any atom is -0.490 e. The first-order valence-electron chi connectivity index (χ1n) is 6.93. The van der Waals surface area contributed by atoms with Crippen molar-refractivity contribution < 1.29 is 9.47 Å². The molecule has 0 N–H and O–H groups in total. The molecule has 4 nitrogen and oxygen atoms in total. The molecule has 0 bridgehead atoms. The van der Waals surface area contributed by atoms with Crippen LogP contribution in [0.5, 0.6) is 17.4 Å². The molecule has 1 aromatic heterocycles. The number of benzene rings is 1. The molecule has 0 unspecified atom stereocenters. The highest BCUT2D eigenvalue weighted by molar-refractivity contribution is 5.49. The zero-order valence-corrected chi connectivity index (χ0v) is 12.5. The van der Waals surface area contributed by atoms with Gasteiger partial charge in [0.2, 0.25) is 5.88 Å². The van der Waals surface area contributed by atoms with E-state index in [1.54, 1.807) is 0 Å². The van der Waals surface area contributed by atoms with E-state index in [4.69, 9.17) is 9.47 Å². The van der Waals surface area contributed by atoms with E-state index in [0.717, 1.165) is 17.7 Å². The van der Waals surface area contributed by atoms with Gasteiger partial charge >= 0.3 is 0 Å². The number of ether oxygens (including phenoxy) is 2. The number of hydrogen-bond acceptors (Lipinski definition) is 4. The Balaban J connectivity index is 2.37. The van der Waals surface area contributed by atoms with Crippen LogP contribution in [0.3, 0.4) is 0 Å². The third-order valence-electron chi connectivity index (χ3n) is 2.94. The van der Waals surface area contributed by atoms with Gasteiger partial charge in [-0.15, -0.1) is 0 Å². The molecule has 2 rings (SSSR count). The molecule has 0 atom stereocenters. The number of hydrogen-bond donors (Lipinski definition) is 0. The fourth-order valence-corrected chi connectivity index (χ4v) is 1.98. The van der Waals surface area contributed by atoms with E-state index in [2.05, 4.69) is 11.1 Å². The number of para-hydroxylation sites is 2. The highest BCUT2D eigenvalue weighted by Gasteiger charge is 2.13. The number of rotatable bonds is 5. The van der Waals surface area contributed by atoms with Crippen LogP contribution < -0.4 is 9.47 Å². The minimum atomic E-state index is 0.322. The first-order chi connectivity index (χ1) is 10.2. The number of pyridine rings is 1. The maximum atomic E-state index is 9.28. The molecule has 0 saturated carbocycles. The van der Waals surface area contributed by atoms with E-state index >= 15 is 0 Å². The first-order valence-corrected chi connectivity index (χ1v) is 6.93. The van der Waals surface area contributed by atoms with Gasteiger partial charge in [-0.3, -0.25) is 0 Å². The SMILES string of the molecule is CCCOc1ccccc1Oc1nc(C)cc(C)c1C#N. The maximum absolute atomic E-state index is 9.28. The molecule has 0 radical (unpaired) electrons. The van der Waals surface area contributed by atoms with Crippen LogP contribution in [-0.2, 0) is 0 Å². The Morgan fingerprint density at radius 3 is 2.57 bits per heavy atom. The second kappa shape index (κ2) is 6.76. The molecule has 0 spiro atoms. The Hall–Kier alpha value is -2.54. The molecule has 21 heavy (non-hydrogen) atoms. The normalized spacial score (nSPS) is 10.0. The van der Waals surface area contributed by atoms with Crippen LogP contribution in [0, 0.1) is 25.2 Å². The van der Waals surface area contributed by atoms with E-state index in [9.17, 15) is 5.26 Å². The third kappa shape index (κ3) is 3.51.